The molecule has 0 saturated carbocycles. The van der Waals surface area contributed by atoms with Crippen molar-refractivity contribution in [2.75, 3.05) is 23.7 Å². The number of piperidine rings is 1. The predicted octanol–water partition coefficient (Wildman–Crippen LogP) is 3.20. The molecule has 0 aromatic heterocycles. The summed E-state index contributed by atoms with van der Waals surface area (Å²) in [5.41, 5.74) is 1.70. The van der Waals surface area contributed by atoms with Gasteiger partial charge in [-0.25, -0.2) is 12.8 Å². The third-order valence-corrected chi connectivity index (χ3v) is 8.03. The molecule has 0 unspecified atom stereocenters. The molecule has 10 heteroatoms. The van der Waals surface area contributed by atoms with E-state index in [-0.39, 0.29) is 29.8 Å². The molecule has 0 spiro atoms. The number of nitrogens with one attached hydrogen (secondary N) is 2. The lowest BCUT2D eigenvalue weighted by Crippen LogP contribution is -2.44. The standard InChI is InChI=1S/C23H26FN3O5S/c1-13-6-7-17(10-18(13)24)25-23(29)16-5-4-8-27(12-16)33(30,31)21-11-20-19(9-14(21)2)26-22(28)15(3)32-20/h6-7,9-11,15-16H,4-5,8,12H2,1-3H3,(H,25,29)(H,26,28)/t15-,16+/m1/s1. The Labute approximate surface area is 192 Å². The summed E-state index contributed by atoms with van der Waals surface area (Å²) in [7, 11) is -3.91. The average molecular weight is 476 g/mol. The molecule has 0 bridgehead atoms. The number of benzene rings is 2. The summed E-state index contributed by atoms with van der Waals surface area (Å²) in [6.07, 6.45) is 0.320. The quantitative estimate of drug-likeness (QED) is 0.707. The lowest BCUT2D eigenvalue weighted by Gasteiger charge is -2.32. The highest BCUT2D eigenvalue weighted by molar-refractivity contribution is 7.89. The molecule has 2 aromatic rings. The number of carbonyl (C=O) groups excluding carboxylic acids is 2. The van der Waals surface area contributed by atoms with Gasteiger partial charge in [-0.3, -0.25) is 9.59 Å². The fourth-order valence-electron chi connectivity index (χ4n) is 4.05. The van der Waals surface area contributed by atoms with Crippen molar-refractivity contribution in [2.45, 2.75) is 44.6 Å². The van der Waals surface area contributed by atoms with E-state index in [1.165, 1.54) is 16.4 Å². The Morgan fingerprint density at radius 2 is 1.97 bits per heavy atom. The number of nitrogens with zero attached hydrogens (tertiary/aromatic N) is 1. The van der Waals surface area contributed by atoms with Crippen LogP contribution in [0.15, 0.2) is 35.2 Å². The number of hydrogen-bond acceptors (Lipinski definition) is 5. The lowest BCUT2D eigenvalue weighted by molar-refractivity contribution is -0.123. The highest BCUT2D eigenvalue weighted by atomic mass is 32.2. The summed E-state index contributed by atoms with van der Waals surface area (Å²) in [6, 6.07) is 7.44. The van der Waals surface area contributed by atoms with E-state index >= 15 is 0 Å². The van der Waals surface area contributed by atoms with Crippen LogP contribution in [0.5, 0.6) is 5.75 Å². The van der Waals surface area contributed by atoms with Gasteiger partial charge in [0.2, 0.25) is 15.9 Å². The van der Waals surface area contributed by atoms with Crippen molar-refractivity contribution in [1.82, 2.24) is 4.31 Å². The normalized spacial score (nSPS) is 21.0. The summed E-state index contributed by atoms with van der Waals surface area (Å²) in [4.78, 5) is 24.7. The fraction of sp³-hybridized carbons (Fsp3) is 0.391. The third-order valence-electron chi connectivity index (χ3n) is 6.02. The molecule has 176 valence electrons. The van der Waals surface area contributed by atoms with Crippen molar-refractivity contribution in [3.8, 4) is 5.75 Å². The summed E-state index contributed by atoms with van der Waals surface area (Å²) in [5, 5.41) is 5.40. The first-order chi connectivity index (χ1) is 15.6. The number of rotatable bonds is 4. The molecule has 2 aromatic carbocycles. The van der Waals surface area contributed by atoms with Crippen molar-refractivity contribution >= 4 is 33.2 Å². The molecule has 2 amide bonds. The molecule has 0 aliphatic carbocycles. The molecular weight excluding hydrogens is 449 g/mol. The molecule has 1 saturated heterocycles. The Kier molecular flexibility index (Phi) is 6.15. The van der Waals surface area contributed by atoms with Crippen LogP contribution >= 0.6 is 0 Å². The maximum Gasteiger partial charge on any atom is 0.265 e. The van der Waals surface area contributed by atoms with Gasteiger partial charge in [-0.2, -0.15) is 4.31 Å². The minimum absolute atomic E-state index is 0.0209. The fourth-order valence-corrected chi connectivity index (χ4v) is 5.80. The smallest absolute Gasteiger partial charge is 0.265 e. The van der Waals surface area contributed by atoms with Crippen LogP contribution in [0.2, 0.25) is 0 Å². The second kappa shape index (κ2) is 8.75. The van der Waals surface area contributed by atoms with Crippen molar-refractivity contribution in [2.24, 2.45) is 5.92 Å². The number of fused-ring (bicyclic) bond motifs is 1. The van der Waals surface area contributed by atoms with E-state index in [2.05, 4.69) is 10.6 Å². The molecule has 1 fully saturated rings. The summed E-state index contributed by atoms with van der Waals surface area (Å²) < 4.78 is 47.6. The van der Waals surface area contributed by atoms with Crippen molar-refractivity contribution in [3.05, 3.63) is 47.3 Å². The summed E-state index contributed by atoms with van der Waals surface area (Å²) in [5.74, 6) is -1.34. The van der Waals surface area contributed by atoms with E-state index in [9.17, 15) is 22.4 Å². The van der Waals surface area contributed by atoms with Gasteiger partial charge < -0.3 is 15.4 Å². The van der Waals surface area contributed by atoms with Gasteiger partial charge in [-0.1, -0.05) is 6.07 Å². The first kappa shape index (κ1) is 23.2. The van der Waals surface area contributed by atoms with Gasteiger partial charge in [0.05, 0.1) is 16.5 Å². The number of aryl methyl sites for hydroxylation is 2. The Hall–Kier alpha value is -2.98. The van der Waals surface area contributed by atoms with Crippen molar-refractivity contribution in [1.29, 1.82) is 0 Å². The first-order valence-electron chi connectivity index (χ1n) is 10.8. The second-order valence-electron chi connectivity index (χ2n) is 8.52. The van der Waals surface area contributed by atoms with Crippen LogP contribution in [0.3, 0.4) is 0 Å². The van der Waals surface area contributed by atoms with Gasteiger partial charge in [0.1, 0.15) is 11.6 Å². The van der Waals surface area contributed by atoms with Gasteiger partial charge in [0.15, 0.2) is 6.10 Å². The topological polar surface area (TPSA) is 105 Å². The monoisotopic (exact) mass is 475 g/mol. The minimum Gasteiger partial charge on any atom is -0.479 e. The number of halogens is 1. The Morgan fingerprint density at radius 3 is 2.70 bits per heavy atom. The molecule has 2 aliphatic heterocycles. The Balaban J connectivity index is 1.54. The van der Waals surface area contributed by atoms with Crippen LogP contribution < -0.4 is 15.4 Å². The number of carbonyl (C=O) groups is 2. The molecule has 8 nitrogen and oxygen atoms in total. The van der Waals surface area contributed by atoms with Gasteiger partial charge in [0, 0.05) is 24.8 Å². The second-order valence-corrected chi connectivity index (χ2v) is 10.4. The van der Waals surface area contributed by atoms with Crippen LogP contribution in [0.1, 0.15) is 30.9 Å². The average Bonchev–Trinajstić information content (AvgIpc) is 2.77. The minimum atomic E-state index is -3.91. The third kappa shape index (κ3) is 4.58. The zero-order valence-electron chi connectivity index (χ0n) is 18.6. The van der Waals surface area contributed by atoms with E-state index in [0.29, 0.717) is 41.1 Å². The maximum atomic E-state index is 13.8. The number of hydrogen-bond donors (Lipinski definition) is 2. The zero-order chi connectivity index (χ0) is 23.9. The molecule has 2 N–H and O–H groups in total. The van der Waals surface area contributed by atoms with Gasteiger partial charge in [0.25, 0.3) is 5.91 Å². The SMILES string of the molecule is Cc1ccc(NC(=O)[C@H]2CCCN(S(=O)(=O)c3cc4c(cc3C)NC(=O)[C@@H](C)O4)C2)cc1F. The zero-order valence-corrected chi connectivity index (χ0v) is 19.5. The van der Waals surface area contributed by atoms with Crippen molar-refractivity contribution < 1.29 is 27.1 Å². The molecule has 2 aliphatic rings. The van der Waals surface area contributed by atoms with Crippen LogP contribution in [0.4, 0.5) is 15.8 Å². The number of amides is 2. The van der Waals surface area contributed by atoms with E-state index in [1.807, 2.05) is 0 Å². The molecule has 2 heterocycles. The summed E-state index contributed by atoms with van der Waals surface area (Å²) >= 11 is 0. The largest absolute Gasteiger partial charge is 0.479 e. The number of ether oxygens (including phenoxy) is 1. The predicted molar refractivity (Wildman–Crippen MR) is 121 cm³/mol. The molecule has 33 heavy (non-hydrogen) atoms. The van der Waals surface area contributed by atoms with E-state index in [1.54, 1.807) is 39.0 Å². The van der Waals surface area contributed by atoms with E-state index < -0.39 is 27.9 Å². The molecule has 2 atom stereocenters. The van der Waals surface area contributed by atoms with Crippen LogP contribution in [-0.2, 0) is 19.6 Å². The maximum absolute atomic E-state index is 13.8. The van der Waals surface area contributed by atoms with Gasteiger partial charge >= 0.3 is 0 Å². The van der Waals surface area contributed by atoms with Crippen LogP contribution in [-0.4, -0.2) is 43.7 Å². The highest BCUT2D eigenvalue weighted by Gasteiger charge is 2.35. The first-order valence-corrected chi connectivity index (χ1v) is 12.2. The van der Waals surface area contributed by atoms with Crippen LogP contribution in [0, 0.1) is 25.6 Å². The Bertz CT molecular complexity index is 1230. The molecular formula is C23H26FN3O5S. The molecule has 4 rings (SSSR count). The number of sulfonamides is 1. The van der Waals surface area contributed by atoms with E-state index in [4.69, 9.17) is 4.74 Å². The van der Waals surface area contributed by atoms with Gasteiger partial charge in [-0.15, -0.1) is 0 Å². The van der Waals surface area contributed by atoms with Crippen molar-refractivity contribution in [3.63, 3.8) is 0 Å². The summed E-state index contributed by atoms with van der Waals surface area (Å²) in [6.45, 7) is 5.17. The Morgan fingerprint density at radius 1 is 1.21 bits per heavy atom. The van der Waals surface area contributed by atoms with Gasteiger partial charge in [-0.05, 0) is 62.9 Å². The number of anilines is 2. The van der Waals surface area contributed by atoms with E-state index in [0.717, 1.165) is 0 Å². The van der Waals surface area contributed by atoms with Crippen LogP contribution in [0.25, 0.3) is 0 Å². The molecule has 0 radical (unpaired) electrons. The highest BCUT2D eigenvalue weighted by Crippen LogP contribution is 2.36. The lowest BCUT2D eigenvalue weighted by atomic mass is 9.98.